The van der Waals surface area contributed by atoms with Crippen LogP contribution < -0.4 is 4.90 Å². The third-order valence-electron chi connectivity index (χ3n) is 3.36. The number of nitrogens with zero attached hydrogens (tertiary/aromatic N) is 1. The van der Waals surface area contributed by atoms with Gasteiger partial charge in [-0.2, -0.15) is 13.2 Å². The Morgan fingerprint density at radius 3 is 2.33 bits per heavy atom. The molecule has 1 aliphatic heterocycles. The molecule has 0 amide bonds. The molecule has 1 nitrogen and oxygen atoms in total. The third-order valence-corrected chi connectivity index (χ3v) is 4.72. The molecular weight excluding hydrogens is 307 g/mol. The SMILES string of the molecule is CC1CN(c2ccc(C(F)(F)F)cc2)CCC1Br. The molecule has 0 spiro atoms. The lowest BCUT2D eigenvalue weighted by Crippen LogP contribution is -2.39. The number of hydrogen-bond acceptors (Lipinski definition) is 1. The second-order valence-electron chi connectivity index (χ2n) is 4.77. The van der Waals surface area contributed by atoms with E-state index in [-0.39, 0.29) is 0 Å². The molecule has 100 valence electrons. The van der Waals surface area contributed by atoms with E-state index in [9.17, 15) is 13.2 Å². The summed E-state index contributed by atoms with van der Waals surface area (Å²) >= 11 is 3.62. The third kappa shape index (κ3) is 2.99. The Balaban J connectivity index is 2.11. The molecule has 5 heteroatoms. The number of alkyl halides is 4. The van der Waals surface area contributed by atoms with Crippen molar-refractivity contribution in [3.63, 3.8) is 0 Å². The highest BCUT2D eigenvalue weighted by Crippen LogP contribution is 2.32. The predicted molar refractivity (Wildman–Crippen MR) is 70.2 cm³/mol. The molecule has 1 aliphatic rings. The van der Waals surface area contributed by atoms with Crippen LogP contribution in [0.5, 0.6) is 0 Å². The molecular formula is C13H15BrF3N. The van der Waals surface area contributed by atoms with Gasteiger partial charge in [0.05, 0.1) is 5.56 Å². The molecule has 0 saturated carbocycles. The van der Waals surface area contributed by atoms with Gasteiger partial charge in [-0.3, -0.25) is 0 Å². The van der Waals surface area contributed by atoms with Crippen molar-refractivity contribution in [3.05, 3.63) is 29.8 Å². The Hall–Kier alpha value is -0.710. The summed E-state index contributed by atoms with van der Waals surface area (Å²) < 4.78 is 37.4. The maximum atomic E-state index is 12.5. The molecule has 0 N–H and O–H groups in total. The van der Waals surface area contributed by atoms with Gasteiger partial charge >= 0.3 is 6.18 Å². The molecule has 1 aromatic rings. The first-order valence-electron chi connectivity index (χ1n) is 5.94. The summed E-state index contributed by atoms with van der Waals surface area (Å²) in [6, 6.07) is 5.43. The Morgan fingerprint density at radius 2 is 1.83 bits per heavy atom. The van der Waals surface area contributed by atoms with Crippen LogP contribution in [0.15, 0.2) is 24.3 Å². The van der Waals surface area contributed by atoms with Gasteiger partial charge in [0.1, 0.15) is 0 Å². The highest BCUT2D eigenvalue weighted by molar-refractivity contribution is 9.09. The molecule has 1 fully saturated rings. The van der Waals surface area contributed by atoms with E-state index in [1.54, 1.807) is 12.1 Å². The molecule has 1 saturated heterocycles. The molecule has 1 aromatic carbocycles. The van der Waals surface area contributed by atoms with Gasteiger partial charge in [-0.15, -0.1) is 0 Å². The molecule has 0 bridgehead atoms. The fourth-order valence-electron chi connectivity index (χ4n) is 2.21. The molecule has 0 aromatic heterocycles. The zero-order chi connectivity index (χ0) is 13.3. The number of anilines is 1. The predicted octanol–water partition coefficient (Wildman–Crippen LogP) is 4.32. The van der Waals surface area contributed by atoms with E-state index >= 15 is 0 Å². The molecule has 0 aliphatic carbocycles. The van der Waals surface area contributed by atoms with Crippen LogP contribution >= 0.6 is 15.9 Å². The lowest BCUT2D eigenvalue weighted by Gasteiger charge is -2.36. The first-order chi connectivity index (χ1) is 8.38. The highest BCUT2D eigenvalue weighted by Gasteiger charge is 2.30. The average molecular weight is 322 g/mol. The second-order valence-corrected chi connectivity index (χ2v) is 5.95. The number of halogens is 4. The lowest BCUT2D eigenvalue weighted by atomic mass is 9.99. The van der Waals surface area contributed by atoms with E-state index in [4.69, 9.17) is 0 Å². The van der Waals surface area contributed by atoms with Gasteiger partial charge in [0, 0.05) is 23.6 Å². The Morgan fingerprint density at radius 1 is 1.22 bits per heavy atom. The van der Waals surface area contributed by atoms with Crippen molar-refractivity contribution in [1.82, 2.24) is 0 Å². The van der Waals surface area contributed by atoms with Crippen molar-refractivity contribution in [1.29, 1.82) is 0 Å². The Labute approximate surface area is 113 Å². The molecule has 2 unspecified atom stereocenters. The minimum atomic E-state index is -4.26. The smallest absolute Gasteiger partial charge is 0.371 e. The fourth-order valence-corrected chi connectivity index (χ4v) is 2.58. The maximum absolute atomic E-state index is 12.5. The summed E-state index contributed by atoms with van der Waals surface area (Å²) in [6.45, 7) is 3.91. The van der Waals surface area contributed by atoms with Crippen molar-refractivity contribution in [3.8, 4) is 0 Å². The summed E-state index contributed by atoms with van der Waals surface area (Å²) in [5, 5.41) is 0. The summed E-state index contributed by atoms with van der Waals surface area (Å²) in [5.41, 5.74) is 0.281. The topological polar surface area (TPSA) is 3.24 Å². The van der Waals surface area contributed by atoms with Crippen LogP contribution in [-0.2, 0) is 6.18 Å². The number of rotatable bonds is 1. The number of piperidine rings is 1. The minimum absolute atomic E-state index is 0.501. The Kier molecular flexibility index (Phi) is 3.90. The van der Waals surface area contributed by atoms with E-state index in [0.717, 1.165) is 37.3 Å². The van der Waals surface area contributed by atoms with Crippen LogP contribution in [0.2, 0.25) is 0 Å². The monoisotopic (exact) mass is 321 g/mol. The van der Waals surface area contributed by atoms with E-state index in [0.29, 0.717) is 10.7 Å². The molecule has 0 radical (unpaired) electrons. The highest BCUT2D eigenvalue weighted by atomic mass is 79.9. The van der Waals surface area contributed by atoms with Crippen LogP contribution in [0.4, 0.5) is 18.9 Å². The van der Waals surface area contributed by atoms with Crippen LogP contribution in [0.3, 0.4) is 0 Å². The molecule has 2 atom stereocenters. The zero-order valence-corrected chi connectivity index (χ0v) is 11.6. The van der Waals surface area contributed by atoms with Crippen molar-refractivity contribution < 1.29 is 13.2 Å². The van der Waals surface area contributed by atoms with Gasteiger partial charge in [-0.25, -0.2) is 0 Å². The van der Waals surface area contributed by atoms with Crippen molar-refractivity contribution in [2.75, 3.05) is 18.0 Å². The molecule has 18 heavy (non-hydrogen) atoms. The maximum Gasteiger partial charge on any atom is 0.416 e. The summed E-state index contributed by atoms with van der Waals surface area (Å²) in [4.78, 5) is 2.64. The van der Waals surface area contributed by atoms with Crippen molar-refractivity contribution in [2.45, 2.75) is 24.3 Å². The first-order valence-corrected chi connectivity index (χ1v) is 6.86. The number of benzene rings is 1. The van der Waals surface area contributed by atoms with E-state index in [1.165, 1.54) is 0 Å². The first kappa shape index (κ1) is 13.7. The van der Waals surface area contributed by atoms with Crippen LogP contribution in [-0.4, -0.2) is 17.9 Å². The van der Waals surface area contributed by atoms with Gasteiger partial charge in [0.25, 0.3) is 0 Å². The van der Waals surface area contributed by atoms with Crippen molar-refractivity contribution >= 4 is 21.6 Å². The average Bonchev–Trinajstić information content (AvgIpc) is 2.32. The molecule has 1 heterocycles. The second kappa shape index (κ2) is 5.11. The quantitative estimate of drug-likeness (QED) is 0.696. The number of hydrogen-bond donors (Lipinski definition) is 0. The van der Waals surface area contributed by atoms with Crippen LogP contribution in [0.25, 0.3) is 0 Å². The van der Waals surface area contributed by atoms with Crippen LogP contribution in [0, 0.1) is 5.92 Å². The standard InChI is InChI=1S/C13H15BrF3N/c1-9-8-18(7-6-12(9)14)11-4-2-10(3-5-11)13(15,16)17/h2-5,9,12H,6-8H2,1H3. The zero-order valence-electron chi connectivity index (χ0n) is 10.0. The van der Waals surface area contributed by atoms with E-state index in [1.807, 2.05) is 0 Å². The fraction of sp³-hybridized carbons (Fsp3) is 0.538. The van der Waals surface area contributed by atoms with E-state index < -0.39 is 11.7 Å². The summed E-state index contributed by atoms with van der Waals surface area (Å²) in [5.74, 6) is 0.501. The Bertz CT molecular complexity index is 402. The molecule has 2 rings (SSSR count). The van der Waals surface area contributed by atoms with Crippen LogP contribution in [0.1, 0.15) is 18.9 Å². The lowest BCUT2D eigenvalue weighted by molar-refractivity contribution is -0.137. The summed E-state index contributed by atoms with van der Waals surface area (Å²) in [6.07, 6.45) is -3.24. The van der Waals surface area contributed by atoms with Gasteiger partial charge in [-0.1, -0.05) is 22.9 Å². The van der Waals surface area contributed by atoms with Gasteiger partial charge in [0.2, 0.25) is 0 Å². The normalized spacial score (nSPS) is 25.3. The van der Waals surface area contributed by atoms with Gasteiger partial charge < -0.3 is 4.90 Å². The van der Waals surface area contributed by atoms with E-state index in [2.05, 4.69) is 27.8 Å². The van der Waals surface area contributed by atoms with Crippen molar-refractivity contribution in [2.24, 2.45) is 5.92 Å². The minimum Gasteiger partial charge on any atom is -0.371 e. The largest absolute Gasteiger partial charge is 0.416 e. The van der Waals surface area contributed by atoms with Gasteiger partial charge in [-0.05, 0) is 36.6 Å². The summed E-state index contributed by atoms with van der Waals surface area (Å²) in [7, 11) is 0. The van der Waals surface area contributed by atoms with Gasteiger partial charge in [0.15, 0.2) is 0 Å².